The Morgan fingerprint density at radius 2 is 1.86 bits per heavy atom. The number of benzene rings is 2. The van der Waals surface area contributed by atoms with Crippen molar-refractivity contribution in [3.8, 4) is 11.5 Å². The molecule has 0 spiro atoms. The number of imidazole rings is 1. The monoisotopic (exact) mass is 295 g/mol. The summed E-state index contributed by atoms with van der Waals surface area (Å²) in [6.45, 7) is 0. The maximum Gasteiger partial charge on any atom is 0.161 e. The number of aromatic nitrogens is 2. The molecule has 0 bridgehead atoms. The Bertz CT molecular complexity index is 837. The van der Waals surface area contributed by atoms with Crippen molar-refractivity contribution in [3.63, 3.8) is 0 Å². The molecule has 0 N–H and O–H groups in total. The van der Waals surface area contributed by atoms with E-state index >= 15 is 0 Å². The summed E-state index contributed by atoms with van der Waals surface area (Å²) in [6.07, 6.45) is 3.60. The van der Waals surface area contributed by atoms with Crippen LogP contribution in [0.5, 0.6) is 11.5 Å². The highest BCUT2D eigenvalue weighted by Crippen LogP contribution is 2.27. The van der Waals surface area contributed by atoms with Crippen LogP contribution in [0.15, 0.2) is 47.7 Å². The maximum atomic E-state index is 5.29. The van der Waals surface area contributed by atoms with Crippen LogP contribution in [0.1, 0.15) is 5.56 Å². The van der Waals surface area contributed by atoms with Gasteiger partial charge in [-0.3, -0.25) is 4.99 Å². The number of aliphatic imine (C=N–C) groups is 1. The summed E-state index contributed by atoms with van der Waals surface area (Å²) in [4.78, 5) is 8.83. The van der Waals surface area contributed by atoms with Crippen molar-refractivity contribution >= 4 is 22.9 Å². The fourth-order valence-corrected chi connectivity index (χ4v) is 2.29. The second-order valence-electron chi connectivity index (χ2n) is 4.90. The van der Waals surface area contributed by atoms with Gasteiger partial charge >= 0.3 is 0 Å². The molecule has 0 saturated carbocycles. The second kappa shape index (κ2) is 5.89. The molecule has 0 aliphatic carbocycles. The van der Waals surface area contributed by atoms with Crippen molar-refractivity contribution in [2.45, 2.75) is 0 Å². The van der Waals surface area contributed by atoms with E-state index in [0.717, 1.165) is 22.3 Å². The molecule has 0 saturated heterocycles. The second-order valence-corrected chi connectivity index (χ2v) is 4.90. The molecule has 112 valence electrons. The van der Waals surface area contributed by atoms with Gasteiger partial charge in [0, 0.05) is 13.3 Å². The Morgan fingerprint density at radius 1 is 1.05 bits per heavy atom. The summed E-state index contributed by atoms with van der Waals surface area (Å²) >= 11 is 0. The summed E-state index contributed by atoms with van der Waals surface area (Å²) < 4.78 is 12.5. The van der Waals surface area contributed by atoms with Crippen molar-refractivity contribution in [1.82, 2.24) is 9.55 Å². The molecule has 0 radical (unpaired) electrons. The smallest absolute Gasteiger partial charge is 0.161 e. The van der Waals surface area contributed by atoms with Crippen molar-refractivity contribution in [2.75, 3.05) is 14.2 Å². The molecule has 1 heterocycles. The Labute approximate surface area is 128 Å². The molecular weight excluding hydrogens is 278 g/mol. The van der Waals surface area contributed by atoms with E-state index in [0.29, 0.717) is 11.5 Å². The predicted molar refractivity (Wildman–Crippen MR) is 87.5 cm³/mol. The first-order valence-corrected chi connectivity index (χ1v) is 6.88. The number of aryl methyl sites for hydroxylation is 1. The van der Waals surface area contributed by atoms with Crippen LogP contribution >= 0.6 is 0 Å². The number of rotatable bonds is 4. The molecule has 0 amide bonds. The molecule has 0 fully saturated rings. The van der Waals surface area contributed by atoms with Gasteiger partial charge in [0.1, 0.15) is 0 Å². The highest BCUT2D eigenvalue weighted by Gasteiger charge is 2.03. The summed E-state index contributed by atoms with van der Waals surface area (Å²) in [5.41, 5.74) is 3.83. The van der Waals surface area contributed by atoms with Gasteiger partial charge < -0.3 is 14.0 Å². The van der Waals surface area contributed by atoms with E-state index < -0.39 is 0 Å². The van der Waals surface area contributed by atoms with Crippen LogP contribution in [0.4, 0.5) is 5.69 Å². The lowest BCUT2D eigenvalue weighted by Gasteiger charge is -2.07. The molecule has 5 heteroatoms. The van der Waals surface area contributed by atoms with Crippen molar-refractivity contribution in [2.24, 2.45) is 12.0 Å². The number of hydrogen-bond donors (Lipinski definition) is 0. The largest absolute Gasteiger partial charge is 0.493 e. The fourth-order valence-electron chi connectivity index (χ4n) is 2.29. The highest BCUT2D eigenvalue weighted by atomic mass is 16.5. The lowest BCUT2D eigenvalue weighted by atomic mass is 10.2. The normalized spacial score (nSPS) is 11.2. The van der Waals surface area contributed by atoms with Gasteiger partial charge in [-0.2, -0.15) is 0 Å². The summed E-state index contributed by atoms with van der Waals surface area (Å²) in [5.74, 6) is 1.39. The van der Waals surface area contributed by atoms with E-state index in [-0.39, 0.29) is 0 Å². The fraction of sp³-hybridized carbons (Fsp3) is 0.176. The van der Waals surface area contributed by atoms with Gasteiger partial charge in [0.15, 0.2) is 11.5 Å². The third kappa shape index (κ3) is 2.65. The van der Waals surface area contributed by atoms with E-state index in [2.05, 4.69) is 9.98 Å². The van der Waals surface area contributed by atoms with E-state index in [1.54, 1.807) is 26.8 Å². The third-order valence-corrected chi connectivity index (χ3v) is 3.48. The van der Waals surface area contributed by atoms with Gasteiger partial charge in [-0.15, -0.1) is 0 Å². The van der Waals surface area contributed by atoms with Gasteiger partial charge in [0.2, 0.25) is 0 Å². The minimum atomic E-state index is 0.687. The summed E-state index contributed by atoms with van der Waals surface area (Å²) in [6, 6.07) is 11.6. The predicted octanol–water partition coefficient (Wildman–Crippen LogP) is 3.34. The summed E-state index contributed by atoms with van der Waals surface area (Å²) in [5, 5.41) is 0. The number of fused-ring (bicyclic) bond motifs is 1. The Kier molecular flexibility index (Phi) is 3.78. The van der Waals surface area contributed by atoms with E-state index in [4.69, 9.17) is 9.47 Å². The first kappa shape index (κ1) is 14.1. The van der Waals surface area contributed by atoms with Crippen LogP contribution in [0.2, 0.25) is 0 Å². The van der Waals surface area contributed by atoms with Crippen LogP contribution in [0.3, 0.4) is 0 Å². The molecule has 22 heavy (non-hydrogen) atoms. The lowest BCUT2D eigenvalue weighted by molar-refractivity contribution is 0.355. The van der Waals surface area contributed by atoms with Crippen LogP contribution in [-0.2, 0) is 7.05 Å². The minimum Gasteiger partial charge on any atom is -0.493 e. The summed E-state index contributed by atoms with van der Waals surface area (Å²) in [7, 11) is 5.21. The Morgan fingerprint density at radius 3 is 2.64 bits per heavy atom. The van der Waals surface area contributed by atoms with Crippen LogP contribution < -0.4 is 9.47 Å². The Hall–Kier alpha value is -2.82. The quantitative estimate of drug-likeness (QED) is 0.694. The minimum absolute atomic E-state index is 0.687. The molecule has 2 aromatic carbocycles. The number of ether oxygens (including phenoxy) is 2. The van der Waals surface area contributed by atoms with Gasteiger partial charge in [-0.25, -0.2) is 4.98 Å². The molecule has 3 rings (SSSR count). The standard InChI is InChI=1S/C17H17N3O2/c1-20-11-19-14-9-13(5-6-15(14)20)18-10-12-4-7-16(21-2)17(8-12)22-3/h4-11H,1-3H3. The molecule has 3 aromatic rings. The number of nitrogens with zero attached hydrogens (tertiary/aromatic N) is 3. The van der Waals surface area contributed by atoms with Gasteiger partial charge in [0.25, 0.3) is 0 Å². The Balaban J connectivity index is 1.88. The average Bonchev–Trinajstić information content (AvgIpc) is 2.93. The molecule has 0 aliphatic heterocycles. The zero-order valence-electron chi connectivity index (χ0n) is 12.8. The third-order valence-electron chi connectivity index (χ3n) is 3.48. The highest BCUT2D eigenvalue weighted by molar-refractivity contribution is 5.85. The molecule has 0 aliphatic rings. The van der Waals surface area contributed by atoms with E-state index in [1.807, 2.05) is 48.0 Å². The number of methoxy groups -OCH3 is 2. The molecule has 5 nitrogen and oxygen atoms in total. The molecule has 0 atom stereocenters. The zero-order valence-corrected chi connectivity index (χ0v) is 12.8. The van der Waals surface area contributed by atoms with Crippen LogP contribution in [0.25, 0.3) is 11.0 Å². The molecule has 1 aromatic heterocycles. The first-order valence-electron chi connectivity index (χ1n) is 6.88. The van der Waals surface area contributed by atoms with Crippen molar-refractivity contribution in [3.05, 3.63) is 48.3 Å². The topological polar surface area (TPSA) is 48.6 Å². The number of hydrogen-bond acceptors (Lipinski definition) is 4. The van der Waals surface area contributed by atoms with Gasteiger partial charge in [-0.1, -0.05) is 0 Å². The average molecular weight is 295 g/mol. The van der Waals surface area contributed by atoms with Gasteiger partial charge in [0.05, 0.1) is 37.3 Å². The van der Waals surface area contributed by atoms with E-state index in [9.17, 15) is 0 Å². The SMILES string of the molecule is COc1ccc(C=Nc2ccc3c(c2)ncn3C)cc1OC. The van der Waals surface area contributed by atoms with Crippen LogP contribution in [0, 0.1) is 0 Å². The van der Waals surface area contributed by atoms with Crippen molar-refractivity contribution in [1.29, 1.82) is 0 Å². The first-order chi connectivity index (χ1) is 10.7. The zero-order chi connectivity index (χ0) is 15.5. The van der Waals surface area contributed by atoms with Crippen LogP contribution in [-0.4, -0.2) is 30.0 Å². The lowest BCUT2D eigenvalue weighted by Crippen LogP contribution is -1.91. The molecular formula is C17H17N3O2. The van der Waals surface area contributed by atoms with E-state index in [1.165, 1.54) is 0 Å². The molecule has 0 unspecified atom stereocenters. The van der Waals surface area contributed by atoms with Crippen molar-refractivity contribution < 1.29 is 9.47 Å². The maximum absolute atomic E-state index is 5.29. The van der Waals surface area contributed by atoms with Gasteiger partial charge in [-0.05, 0) is 42.0 Å².